The predicted molar refractivity (Wildman–Crippen MR) is 121 cm³/mol. The molecule has 0 spiro atoms. The summed E-state index contributed by atoms with van der Waals surface area (Å²) in [6.07, 6.45) is 1.16. The topological polar surface area (TPSA) is 109 Å². The molecule has 32 heavy (non-hydrogen) atoms. The van der Waals surface area contributed by atoms with Crippen molar-refractivity contribution in [1.29, 1.82) is 0 Å². The standard InChI is InChI=1S/C21H20Cl2N4O5/c1-4-25-14(11-26-12(3)17(10-24-26)27(30)31)9-18(28)19(21(29)32-5-2)20(25)13-6-7-15(22)16(23)8-13/h6-10H,4-5,11H2,1-3H3. The quantitative estimate of drug-likeness (QED) is 0.281. The van der Waals surface area contributed by atoms with E-state index in [2.05, 4.69) is 5.10 Å². The lowest BCUT2D eigenvalue weighted by Crippen LogP contribution is -2.26. The van der Waals surface area contributed by atoms with Crippen LogP contribution in [0.5, 0.6) is 0 Å². The number of nitro groups is 1. The van der Waals surface area contributed by atoms with E-state index in [0.29, 0.717) is 34.2 Å². The Hall–Kier alpha value is -3.17. The number of hydrogen-bond acceptors (Lipinski definition) is 6. The minimum Gasteiger partial charge on any atom is -0.462 e. The summed E-state index contributed by atoms with van der Waals surface area (Å²) >= 11 is 12.3. The van der Waals surface area contributed by atoms with Gasteiger partial charge in [-0.1, -0.05) is 29.3 Å². The normalized spacial score (nSPS) is 10.9. The molecule has 0 aliphatic heterocycles. The van der Waals surface area contributed by atoms with Gasteiger partial charge in [-0.3, -0.25) is 19.6 Å². The van der Waals surface area contributed by atoms with E-state index in [4.69, 9.17) is 27.9 Å². The molecule has 0 unspecified atom stereocenters. The third-order valence-corrected chi connectivity index (χ3v) is 5.71. The third-order valence-electron chi connectivity index (χ3n) is 4.97. The van der Waals surface area contributed by atoms with Crippen molar-refractivity contribution in [3.05, 3.63) is 77.8 Å². The summed E-state index contributed by atoms with van der Waals surface area (Å²) in [5, 5.41) is 15.8. The summed E-state index contributed by atoms with van der Waals surface area (Å²) in [6.45, 7) is 5.65. The number of nitrogens with zero attached hydrogens (tertiary/aromatic N) is 4. The van der Waals surface area contributed by atoms with Crippen LogP contribution in [0, 0.1) is 17.0 Å². The SMILES string of the molecule is CCOC(=O)c1c(-c2ccc(Cl)c(Cl)c2)n(CC)c(Cn2ncc([N+](=O)[O-])c2C)cc1=O. The molecule has 0 atom stereocenters. The first kappa shape index (κ1) is 23.5. The molecule has 0 fully saturated rings. The molecule has 0 saturated carbocycles. The van der Waals surface area contributed by atoms with Gasteiger partial charge in [0, 0.05) is 23.9 Å². The molecule has 0 aliphatic carbocycles. The van der Waals surface area contributed by atoms with Crippen molar-refractivity contribution in [2.75, 3.05) is 6.61 Å². The summed E-state index contributed by atoms with van der Waals surface area (Å²) < 4.78 is 8.32. The van der Waals surface area contributed by atoms with Crippen molar-refractivity contribution < 1.29 is 14.5 Å². The molecule has 0 radical (unpaired) electrons. The monoisotopic (exact) mass is 478 g/mol. The number of halogens is 2. The van der Waals surface area contributed by atoms with Gasteiger partial charge in [0.2, 0.25) is 0 Å². The highest BCUT2D eigenvalue weighted by molar-refractivity contribution is 6.42. The maximum Gasteiger partial charge on any atom is 0.344 e. The average Bonchev–Trinajstić information content (AvgIpc) is 3.10. The highest BCUT2D eigenvalue weighted by Crippen LogP contribution is 2.31. The lowest BCUT2D eigenvalue weighted by atomic mass is 10.0. The van der Waals surface area contributed by atoms with Gasteiger partial charge in [0.15, 0.2) is 5.43 Å². The number of carbonyl (C=O) groups is 1. The van der Waals surface area contributed by atoms with E-state index in [0.717, 1.165) is 6.20 Å². The molecule has 11 heteroatoms. The van der Waals surface area contributed by atoms with Gasteiger partial charge in [-0.05, 0) is 32.9 Å². The lowest BCUT2D eigenvalue weighted by molar-refractivity contribution is -0.385. The number of rotatable bonds is 7. The van der Waals surface area contributed by atoms with Crippen molar-refractivity contribution in [1.82, 2.24) is 14.3 Å². The minimum absolute atomic E-state index is 0.0835. The van der Waals surface area contributed by atoms with Gasteiger partial charge in [0.05, 0.1) is 33.8 Å². The fourth-order valence-electron chi connectivity index (χ4n) is 3.46. The molecule has 168 valence electrons. The summed E-state index contributed by atoms with van der Waals surface area (Å²) in [7, 11) is 0. The Morgan fingerprint density at radius 1 is 1.22 bits per heavy atom. The van der Waals surface area contributed by atoms with E-state index < -0.39 is 16.3 Å². The van der Waals surface area contributed by atoms with Crippen LogP contribution in [-0.2, 0) is 17.8 Å². The molecule has 3 rings (SSSR count). The zero-order valence-corrected chi connectivity index (χ0v) is 19.1. The van der Waals surface area contributed by atoms with Crippen molar-refractivity contribution in [2.45, 2.75) is 33.9 Å². The summed E-state index contributed by atoms with van der Waals surface area (Å²) in [5.41, 5.74) is 0.895. The number of hydrogen-bond donors (Lipinski definition) is 0. The van der Waals surface area contributed by atoms with Crippen molar-refractivity contribution in [3.63, 3.8) is 0 Å². The smallest absolute Gasteiger partial charge is 0.344 e. The van der Waals surface area contributed by atoms with Crippen LogP contribution in [0.15, 0.2) is 35.3 Å². The maximum absolute atomic E-state index is 13.0. The molecule has 1 aromatic carbocycles. The molecule has 2 aromatic heterocycles. The van der Waals surface area contributed by atoms with Crippen molar-refractivity contribution in [2.24, 2.45) is 0 Å². The highest BCUT2D eigenvalue weighted by Gasteiger charge is 2.25. The van der Waals surface area contributed by atoms with E-state index in [-0.39, 0.29) is 29.4 Å². The van der Waals surface area contributed by atoms with Crippen molar-refractivity contribution >= 4 is 34.9 Å². The van der Waals surface area contributed by atoms with Crippen LogP contribution in [0.4, 0.5) is 5.69 Å². The average molecular weight is 479 g/mol. The van der Waals surface area contributed by atoms with Crippen LogP contribution in [-0.4, -0.2) is 31.8 Å². The van der Waals surface area contributed by atoms with Crippen LogP contribution >= 0.6 is 23.2 Å². The van der Waals surface area contributed by atoms with Gasteiger partial charge >= 0.3 is 11.7 Å². The van der Waals surface area contributed by atoms with E-state index in [9.17, 15) is 19.7 Å². The molecule has 0 N–H and O–H groups in total. The number of ether oxygens (including phenoxy) is 1. The Morgan fingerprint density at radius 2 is 1.94 bits per heavy atom. The molecule has 0 saturated heterocycles. The van der Waals surface area contributed by atoms with Crippen LogP contribution in [0.1, 0.15) is 35.6 Å². The Labute approximate surface area is 193 Å². The summed E-state index contributed by atoms with van der Waals surface area (Å²) in [5.74, 6) is -0.752. The van der Waals surface area contributed by atoms with E-state index in [1.54, 1.807) is 36.6 Å². The molecule has 2 heterocycles. The van der Waals surface area contributed by atoms with Gasteiger partial charge in [0.25, 0.3) is 0 Å². The first-order chi connectivity index (χ1) is 15.2. The predicted octanol–water partition coefficient (Wildman–Crippen LogP) is 4.48. The van der Waals surface area contributed by atoms with Crippen LogP contribution in [0.3, 0.4) is 0 Å². The molecule has 9 nitrogen and oxygen atoms in total. The van der Waals surface area contributed by atoms with Gasteiger partial charge < -0.3 is 9.30 Å². The Balaban J connectivity index is 2.27. The lowest BCUT2D eigenvalue weighted by Gasteiger charge is -2.21. The maximum atomic E-state index is 13.0. The van der Waals surface area contributed by atoms with E-state index in [1.807, 2.05) is 6.92 Å². The number of esters is 1. The van der Waals surface area contributed by atoms with E-state index in [1.165, 1.54) is 10.7 Å². The number of pyridine rings is 1. The van der Waals surface area contributed by atoms with Gasteiger partial charge in [0.1, 0.15) is 17.5 Å². The fraction of sp³-hybridized carbons (Fsp3) is 0.286. The van der Waals surface area contributed by atoms with Crippen molar-refractivity contribution in [3.8, 4) is 11.3 Å². The highest BCUT2D eigenvalue weighted by atomic mass is 35.5. The zero-order valence-electron chi connectivity index (χ0n) is 17.6. The molecule has 0 amide bonds. The van der Waals surface area contributed by atoms with Crippen LogP contribution in [0.2, 0.25) is 10.0 Å². The Kier molecular flexibility index (Phi) is 7.00. The van der Waals surface area contributed by atoms with Gasteiger partial charge in [-0.25, -0.2) is 4.79 Å². The van der Waals surface area contributed by atoms with Gasteiger partial charge in [-0.15, -0.1) is 0 Å². The molecule has 3 aromatic rings. The third kappa shape index (κ3) is 4.39. The molecular weight excluding hydrogens is 459 g/mol. The minimum atomic E-state index is -0.752. The number of benzene rings is 1. The van der Waals surface area contributed by atoms with E-state index >= 15 is 0 Å². The second-order valence-electron chi connectivity index (χ2n) is 6.85. The van der Waals surface area contributed by atoms with Crippen LogP contribution < -0.4 is 5.43 Å². The number of carbonyl (C=O) groups excluding carboxylic acids is 1. The Bertz CT molecular complexity index is 1270. The van der Waals surface area contributed by atoms with Crippen LogP contribution in [0.25, 0.3) is 11.3 Å². The summed E-state index contributed by atoms with van der Waals surface area (Å²) in [6, 6.07) is 6.13. The first-order valence-electron chi connectivity index (χ1n) is 9.75. The second kappa shape index (κ2) is 9.54. The van der Waals surface area contributed by atoms with Gasteiger partial charge in [-0.2, -0.15) is 5.10 Å². The largest absolute Gasteiger partial charge is 0.462 e. The molecular formula is C21H20Cl2N4O5. The zero-order chi connectivity index (χ0) is 23.6. The fourth-order valence-corrected chi connectivity index (χ4v) is 3.76. The molecule has 0 aliphatic rings. The second-order valence-corrected chi connectivity index (χ2v) is 7.66. The first-order valence-corrected chi connectivity index (χ1v) is 10.5. The Morgan fingerprint density at radius 3 is 2.50 bits per heavy atom. The molecule has 0 bridgehead atoms. The summed E-state index contributed by atoms with van der Waals surface area (Å²) in [4.78, 5) is 36.4. The number of aromatic nitrogens is 3.